The van der Waals surface area contributed by atoms with Gasteiger partial charge in [0, 0.05) is 20.0 Å². The van der Waals surface area contributed by atoms with Crippen molar-refractivity contribution in [3.63, 3.8) is 0 Å². The van der Waals surface area contributed by atoms with Gasteiger partial charge in [-0.3, -0.25) is 4.79 Å². The fraction of sp³-hybridized carbons (Fsp3) is 0.500. The monoisotopic (exact) mass is 313 g/mol. The Morgan fingerprint density at radius 2 is 1.96 bits per heavy atom. The molecule has 5 nitrogen and oxygen atoms in total. The Hall–Kier alpha value is -2.17. The SMILES string of the molecule is Cc1ccc([C@@]2(C(=O)N(C)CCc3ncon3)CC2(C)C)cc1. The Kier molecular flexibility index (Phi) is 3.74. The van der Waals surface area contributed by atoms with Crippen LogP contribution in [0, 0.1) is 12.3 Å². The van der Waals surface area contributed by atoms with Crippen LogP contribution < -0.4 is 0 Å². The van der Waals surface area contributed by atoms with Gasteiger partial charge in [0.05, 0.1) is 5.41 Å². The largest absolute Gasteiger partial charge is 0.345 e. The van der Waals surface area contributed by atoms with Crippen LogP contribution in [0.2, 0.25) is 0 Å². The van der Waals surface area contributed by atoms with E-state index in [2.05, 4.69) is 55.2 Å². The maximum Gasteiger partial charge on any atom is 0.233 e. The fourth-order valence-corrected chi connectivity index (χ4v) is 3.44. The van der Waals surface area contributed by atoms with Crippen molar-refractivity contribution in [1.29, 1.82) is 0 Å². The molecule has 0 aliphatic heterocycles. The van der Waals surface area contributed by atoms with Gasteiger partial charge in [-0.25, -0.2) is 0 Å². The average molecular weight is 313 g/mol. The summed E-state index contributed by atoms with van der Waals surface area (Å²) in [6.45, 7) is 6.98. The van der Waals surface area contributed by atoms with Crippen molar-refractivity contribution in [3.05, 3.63) is 47.6 Å². The van der Waals surface area contributed by atoms with Crippen LogP contribution in [0.3, 0.4) is 0 Å². The van der Waals surface area contributed by atoms with Gasteiger partial charge in [0.15, 0.2) is 5.82 Å². The molecule has 1 aliphatic carbocycles. The van der Waals surface area contributed by atoms with Crippen LogP contribution in [0.1, 0.15) is 37.2 Å². The smallest absolute Gasteiger partial charge is 0.233 e. The lowest BCUT2D eigenvalue weighted by molar-refractivity contribution is -0.133. The Bertz CT molecular complexity index is 692. The third-order valence-electron chi connectivity index (χ3n) is 5.07. The Morgan fingerprint density at radius 1 is 1.30 bits per heavy atom. The zero-order valence-corrected chi connectivity index (χ0v) is 14.2. The third-order valence-corrected chi connectivity index (χ3v) is 5.07. The first-order valence-corrected chi connectivity index (χ1v) is 7.95. The first kappa shape index (κ1) is 15.7. The quantitative estimate of drug-likeness (QED) is 0.851. The number of nitrogens with zero attached hydrogens (tertiary/aromatic N) is 3. The van der Waals surface area contributed by atoms with Gasteiger partial charge in [-0.2, -0.15) is 4.98 Å². The Balaban J connectivity index is 1.78. The molecule has 2 aromatic rings. The molecule has 0 N–H and O–H groups in total. The first-order chi connectivity index (χ1) is 10.9. The van der Waals surface area contributed by atoms with Gasteiger partial charge in [-0.05, 0) is 24.3 Å². The van der Waals surface area contributed by atoms with Gasteiger partial charge in [0.25, 0.3) is 0 Å². The molecule has 1 aromatic heterocycles. The van der Waals surface area contributed by atoms with E-state index in [9.17, 15) is 4.79 Å². The normalized spacial score (nSPS) is 21.9. The number of amides is 1. The summed E-state index contributed by atoms with van der Waals surface area (Å²) in [7, 11) is 1.85. The summed E-state index contributed by atoms with van der Waals surface area (Å²) in [6, 6.07) is 8.35. The van der Waals surface area contributed by atoms with E-state index >= 15 is 0 Å². The molecule has 1 amide bonds. The van der Waals surface area contributed by atoms with E-state index in [1.165, 1.54) is 12.0 Å². The number of carbonyl (C=O) groups excluding carboxylic acids is 1. The highest BCUT2D eigenvalue weighted by Crippen LogP contribution is 2.65. The predicted molar refractivity (Wildman–Crippen MR) is 86.9 cm³/mol. The molecular formula is C18H23N3O2. The molecule has 0 saturated heterocycles. The van der Waals surface area contributed by atoms with Gasteiger partial charge < -0.3 is 9.42 Å². The number of carbonyl (C=O) groups is 1. The molecule has 122 valence electrons. The molecule has 1 aliphatic rings. The van der Waals surface area contributed by atoms with Gasteiger partial charge in [0.2, 0.25) is 12.3 Å². The van der Waals surface area contributed by atoms with E-state index < -0.39 is 5.41 Å². The second-order valence-corrected chi connectivity index (χ2v) is 7.16. The van der Waals surface area contributed by atoms with Crippen LogP contribution in [0.5, 0.6) is 0 Å². The van der Waals surface area contributed by atoms with Crippen molar-refractivity contribution < 1.29 is 9.32 Å². The molecule has 1 aromatic carbocycles. The van der Waals surface area contributed by atoms with Crippen molar-refractivity contribution in [2.75, 3.05) is 13.6 Å². The van der Waals surface area contributed by atoms with Crippen LogP contribution in [-0.2, 0) is 16.6 Å². The lowest BCUT2D eigenvalue weighted by atomic mass is 9.86. The summed E-state index contributed by atoms with van der Waals surface area (Å²) in [4.78, 5) is 19.0. The summed E-state index contributed by atoms with van der Waals surface area (Å²) in [6.07, 6.45) is 2.80. The van der Waals surface area contributed by atoms with Crippen LogP contribution in [0.4, 0.5) is 0 Å². The topological polar surface area (TPSA) is 59.2 Å². The molecule has 0 bridgehead atoms. The van der Waals surface area contributed by atoms with Crippen molar-refractivity contribution >= 4 is 5.91 Å². The third kappa shape index (κ3) is 2.64. The summed E-state index contributed by atoms with van der Waals surface area (Å²) in [5.74, 6) is 0.805. The van der Waals surface area contributed by atoms with E-state index in [0.717, 1.165) is 12.0 Å². The molecule has 1 saturated carbocycles. The lowest BCUT2D eigenvalue weighted by Gasteiger charge is -2.27. The summed E-state index contributed by atoms with van der Waals surface area (Å²) in [5.41, 5.74) is 1.90. The number of aryl methyl sites for hydroxylation is 1. The van der Waals surface area contributed by atoms with E-state index in [1.54, 1.807) is 4.90 Å². The van der Waals surface area contributed by atoms with E-state index in [1.807, 2.05) is 7.05 Å². The lowest BCUT2D eigenvalue weighted by Crippen LogP contribution is -2.40. The van der Waals surface area contributed by atoms with E-state index in [0.29, 0.717) is 18.8 Å². The molecule has 5 heteroatoms. The number of benzene rings is 1. The average Bonchev–Trinajstić information content (AvgIpc) is 2.90. The molecular weight excluding hydrogens is 290 g/mol. The van der Waals surface area contributed by atoms with Gasteiger partial charge >= 0.3 is 0 Å². The summed E-state index contributed by atoms with van der Waals surface area (Å²) >= 11 is 0. The minimum Gasteiger partial charge on any atom is -0.345 e. The van der Waals surface area contributed by atoms with Crippen molar-refractivity contribution in [2.24, 2.45) is 5.41 Å². The molecule has 1 fully saturated rings. The second-order valence-electron chi connectivity index (χ2n) is 7.16. The zero-order valence-electron chi connectivity index (χ0n) is 14.2. The number of likely N-dealkylation sites (N-methyl/N-ethyl adjacent to an activating group) is 1. The highest BCUT2D eigenvalue weighted by atomic mass is 16.5. The maximum atomic E-state index is 13.1. The molecule has 0 spiro atoms. The van der Waals surface area contributed by atoms with Crippen LogP contribution in [-0.4, -0.2) is 34.5 Å². The van der Waals surface area contributed by atoms with E-state index in [4.69, 9.17) is 4.52 Å². The highest BCUT2D eigenvalue weighted by Gasteiger charge is 2.67. The van der Waals surface area contributed by atoms with Crippen LogP contribution in [0.15, 0.2) is 35.2 Å². The van der Waals surface area contributed by atoms with Gasteiger partial charge in [-0.1, -0.05) is 48.8 Å². The van der Waals surface area contributed by atoms with Gasteiger partial charge in [0.1, 0.15) is 0 Å². The Morgan fingerprint density at radius 3 is 2.48 bits per heavy atom. The molecule has 0 unspecified atom stereocenters. The Labute approximate surface area is 136 Å². The van der Waals surface area contributed by atoms with Crippen LogP contribution >= 0.6 is 0 Å². The first-order valence-electron chi connectivity index (χ1n) is 7.95. The van der Waals surface area contributed by atoms with Crippen molar-refractivity contribution in [2.45, 2.75) is 39.0 Å². The van der Waals surface area contributed by atoms with Crippen molar-refractivity contribution in [1.82, 2.24) is 15.0 Å². The van der Waals surface area contributed by atoms with Crippen LogP contribution in [0.25, 0.3) is 0 Å². The minimum atomic E-state index is -0.410. The highest BCUT2D eigenvalue weighted by molar-refractivity contribution is 5.93. The molecule has 3 rings (SSSR count). The molecule has 1 atom stereocenters. The molecule has 1 heterocycles. The minimum absolute atomic E-state index is 0.0141. The van der Waals surface area contributed by atoms with Crippen molar-refractivity contribution in [3.8, 4) is 0 Å². The fourth-order valence-electron chi connectivity index (χ4n) is 3.44. The summed E-state index contributed by atoms with van der Waals surface area (Å²) in [5, 5.41) is 3.80. The number of rotatable bonds is 5. The second kappa shape index (κ2) is 5.48. The van der Waals surface area contributed by atoms with Gasteiger partial charge in [-0.15, -0.1) is 0 Å². The number of hydrogen-bond donors (Lipinski definition) is 0. The summed E-state index contributed by atoms with van der Waals surface area (Å²) < 4.78 is 4.74. The molecule has 0 radical (unpaired) electrons. The predicted octanol–water partition coefficient (Wildman–Crippen LogP) is 2.75. The maximum absolute atomic E-state index is 13.1. The molecule has 23 heavy (non-hydrogen) atoms. The number of aromatic nitrogens is 2. The van der Waals surface area contributed by atoms with E-state index in [-0.39, 0.29) is 11.3 Å². The zero-order chi connectivity index (χ0) is 16.7. The number of hydrogen-bond acceptors (Lipinski definition) is 4. The standard InChI is InChI=1S/C18H23N3O2/c1-13-5-7-14(8-6-13)18(11-17(18,2)3)16(22)21(4)10-9-15-19-12-23-20-15/h5-8,12H,9-11H2,1-4H3/t18-/m1/s1.